The molecule has 3 nitrogen and oxygen atoms in total. The zero-order chi connectivity index (χ0) is 9.26. The van der Waals surface area contributed by atoms with Crippen molar-refractivity contribution in [3.05, 3.63) is 18.1 Å². The molecule has 70 valence electrons. The number of aryl methyl sites for hydroxylation is 1. The Bertz CT molecular complexity index is 297. The fourth-order valence-electron chi connectivity index (χ4n) is 1.47. The normalized spacial score (nSPS) is 17.2. The van der Waals surface area contributed by atoms with Gasteiger partial charge in [0.25, 0.3) is 0 Å². The number of alkyl halides is 1. The molecule has 2 rings (SSSR count). The van der Waals surface area contributed by atoms with Crippen molar-refractivity contribution >= 4 is 5.82 Å². The van der Waals surface area contributed by atoms with E-state index in [4.69, 9.17) is 0 Å². The largest absolute Gasteiger partial charge is 0.356 e. The van der Waals surface area contributed by atoms with E-state index in [1.807, 2.05) is 13.0 Å². The molecule has 1 aliphatic rings. The molecule has 1 aromatic heterocycles. The van der Waals surface area contributed by atoms with Gasteiger partial charge in [0, 0.05) is 30.8 Å². The molecule has 2 heterocycles. The SMILES string of the molecule is Cc1cc(N2CC(CF)C2)ncn1. The zero-order valence-electron chi connectivity index (χ0n) is 7.57. The minimum atomic E-state index is -0.222. The van der Waals surface area contributed by atoms with Crippen molar-refractivity contribution in [2.24, 2.45) is 5.92 Å². The average Bonchev–Trinajstić information content (AvgIpc) is 2.02. The van der Waals surface area contributed by atoms with E-state index in [0.717, 1.165) is 24.6 Å². The van der Waals surface area contributed by atoms with Gasteiger partial charge < -0.3 is 4.90 Å². The summed E-state index contributed by atoms with van der Waals surface area (Å²) in [6.45, 7) is 3.28. The van der Waals surface area contributed by atoms with Crippen molar-refractivity contribution in [2.75, 3.05) is 24.7 Å². The Labute approximate surface area is 76.6 Å². The van der Waals surface area contributed by atoms with Crippen LogP contribution in [0.4, 0.5) is 10.2 Å². The lowest BCUT2D eigenvalue weighted by atomic mass is 10.0. The number of aromatic nitrogens is 2. The fraction of sp³-hybridized carbons (Fsp3) is 0.556. The summed E-state index contributed by atoms with van der Waals surface area (Å²) in [5, 5.41) is 0. The first kappa shape index (κ1) is 8.41. The number of halogens is 1. The summed E-state index contributed by atoms with van der Waals surface area (Å²) in [5.74, 6) is 1.12. The molecule has 4 heteroatoms. The highest BCUT2D eigenvalue weighted by Crippen LogP contribution is 2.22. The van der Waals surface area contributed by atoms with E-state index in [9.17, 15) is 4.39 Å². The number of rotatable bonds is 2. The van der Waals surface area contributed by atoms with Gasteiger partial charge in [-0.15, -0.1) is 0 Å². The van der Waals surface area contributed by atoms with Crippen LogP contribution in [0.1, 0.15) is 5.69 Å². The lowest BCUT2D eigenvalue weighted by Gasteiger charge is -2.38. The fourth-order valence-corrected chi connectivity index (χ4v) is 1.47. The van der Waals surface area contributed by atoms with E-state index in [-0.39, 0.29) is 12.6 Å². The highest BCUT2D eigenvalue weighted by molar-refractivity contribution is 5.41. The summed E-state index contributed by atoms with van der Waals surface area (Å²) in [6.07, 6.45) is 1.55. The maximum atomic E-state index is 12.1. The van der Waals surface area contributed by atoms with Gasteiger partial charge in [-0.05, 0) is 6.92 Å². The molecule has 13 heavy (non-hydrogen) atoms. The molecule has 0 aliphatic carbocycles. The number of nitrogens with zero attached hydrogens (tertiary/aromatic N) is 3. The Morgan fingerprint density at radius 1 is 1.54 bits per heavy atom. The van der Waals surface area contributed by atoms with Gasteiger partial charge >= 0.3 is 0 Å². The van der Waals surface area contributed by atoms with Crippen molar-refractivity contribution in [1.82, 2.24) is 9.97 Å². The third-order valence-electron chi connectivity index (χ3n) is 2.29. The van der Waals surface area contributed by atoms with Crippen LogP contribution in [-0.4, -0.2) is 29.7 Å². The Morgan fingerprint density at radius 2 is 2.31 bits per heavy atom. The Kier molecular flexibility index (Phi) is 2.12. The Hall–Kier alpha value is -1.19. The summed E-state index contributed by atoms with van der Waals surface area (Å²) in [6, 6.07) is 1.93. The van der Waals surface area contributed by atoms with Gasteiger partial charge in [-0.1, -0.05) is 0 Å². The van der Waals surface area contributed by atoms with Gasteiger partial charge in [-0.2, -0.15) is 0 Å². The highest BCUT2D eigenvalue weighted by Gasteiger charge is 2.27. The van der Waals surface area contributed by atoms with Crippen LogP contribution in [0.2, 0.25) is 0 Å². The molecule has 0 bridgehead atoms. The van der Waals surface area contributed by atoms with Gasteiger partial charge in [-0.25, -0.2) is 9.97 Å². The standard InChI is InChI=1S/C9H12FN3/c1-7-2-9(12-6-11-7)13-4-8(3-10)5-13/h2,6,8H,3-5H2,1H3. The molecule has 0 saturated carbocycles. The van der Waals surface area contributed by atoms with Crippen molar-refractivity contribution in [1.29, 1.82) is 0 Å². The molecule has 0 amide bonds. The van der Waals surface area contributed by atoms with Crippen molar-refractivity contribution in [3.63, 3.8) is 0 Å². The maximum Gasteiger partial charge on any atom is 0.132 e. The molecule has 0 spiro atoms. The summed E-state index contributed by atoms with van der Waals surface area (Å²) < 4.78 is 12.1. The summed E-state index contributed by atoms with van der Waals surface area (Å²) >= 11 is 0. The predicted molar refractivity (Wildman–Crippen MR) is 48.4 cm³/mol. The molecule has 1 saturated heterocycles. The van der Waals surface area contributed by atoms with E-state index in [0.29, 0.717) is 0 Å². The molecule has 1 aromatic rings. The number of hydrogen-bond donors (Lipinski definition) is 0. The van der Waals surface area contributed by atoms with E-state index >= 15 is 0 Å². The molecular weight excluding hydrogens is 169 g/mol. The molecule has 0 unspecified atom stereocenters. The van der Waals surface area contributed by atoms with E-state index < -0.39 is 0 Å². The van der Waals surface area contributed by atoms with Gasteiger partial charge in [0.1, 0.15) is 12.1 Å². The topological polar surface area (TPSA) is 29.0 Å². The first-order valence-corrected chi connectivity index (χ1v) is 4.39. The Morgan fingerprint density at radius 3 is 2.92 bits per heavy atom. The summed E-state index contributed by atoms with van der Waals surface area (Å²) in [5.41, 5.74) is 0.952. The lowest BCUT2D eigenvalue weighted by Crippen LogP contribution is -2.48. The van der Waals surface area contributed by atoms with Crippen molar-refractivity contribution in [3.8, 4) is 0 Å². The molecule has 1 aliphatic heterocycles. The van der Waals surface area contributed by atoms with Gasteiger partial charge in [-0.3, -0.25) is 4.39 Å². The first-order chi connectivity index (χ1) is 6.29. The summed E-state index contributed by atoms with van der Waals surface area (Å²) in [7, 11) is 0. The second-order valence-corrected chi connectivity index (χ2v) is 3.44. The number of hydrogen-bond acceptors (Lipinski definition) is 3. The van der Waals surface area contributed by atoms with E-state index in [1.165, 1.54) is 0 Å². The summed E-state index contributed by atoms with van der Waals surface area (Å²) in [4.78, 5) is 10.2. The van der Waals surface area contributed by atoms with Crippen molar-refractivity contribution < 1.29 is 4.39 Å². The molecule has 0 N–H and O–H groups in total. The van der Waals surface area contributed by atoms with Crippen LogP contribution in [0.5, 0.6) is 0 Å². The lowest BCUT2D eigenvalue weighted by molar-refractivity contribution is 0.305. The predicted octanol–water partition coefficient (Wildman–Crippen LogP) is 1.19. The van der Waals surface area contributed by atoms with Gasteiger partial charge in [0.2, 0.25) is 0 Å². The highest BCUT2D eigenvalue weighted by atomic mass is 19.1. The smallest absolute Gasteiger partial charge is 0.132 e. The third-order valence-corrected chi connectivity index (χ3v) is 2.29. The first-order valence-electron chi connectivity index (χ1n) is 4.39. The van der Waals surface area contributed by atoms with Crippen LogP contribution in [0.15, 0.2) is 12.4 Å². The maximum absolute atomic E-state index is 12.1. The van der Waals surface area contributed by atoms with Crippen LogP contribution < -0.4 is 4.90 Å². The zero-order valence-corrected chi connectivity index (χ0v) is 7.57. The molecule has 0 atom stereocenters. The second-order valence-electron chi connectivity index (χ2n) is 3.44. The molecular formula is C9H12FN3. The quantitative estimate of drug-likeness (QED) is 0.686. The van der Waals surface area contributed by atoms with Gasteiger partial charge in [0.15, 0.2) is 0 Å². The third kappa shape index (κ3) is 1.61. The molecule has 1 fully saturated rings. The van der Waals surface area contributed by atoms with Crippen molar-refractivity contribution in [2.45, 2.75) is 6.92 Å². The van der Waals surface area contributed by atoms with Crippen LogP contribution in [0.25, 0.3) is 0 Å². The monoisotopic (exact) mass is 181 g/mol. The molecule has 0 aromatic carbocycles. The Balaban J connectivity index is 2.03. The van der Waals surface area contributed by atoms with Crippen LogP contribution >= 0.6 is 0 Å². The van der Waals surface area contributed by atoms with E-state index in [2.05, 4.69) is 14.9 Å². The van der Waals surface area contributed by atoms with Crippen LogP contribution in [-0.2, 0) is 0 Å². The number of anilines is 1. The minimum absolute atomic E-state index is 0.204. The van der Waals surface area contributed by atoms with Gasteiger partial charge in [0.05, 0.1) is 6.67 Å². The molecule has 0 radical (unpaired) electrons. The average molecular weight is 181 g/mol. The van der Waals surface area contributed by atoms with Crippen LogP contribution in [0.3, 0.4) is 0 Å². The minimum Gasteiger partial charge on any atom is -0.356 e. The van der Waals surface area contributed by atoms with E-state index in [1.54, 1.807) is 6.33 Å². The van der Waals surface area contributed by atoms with Crippen LogP contribution in [0, 0.1) is 12.8 Å². The second kappa shape index (κ2) is 3.28.